The van der Waals surface area contributed by atoms with Crippen molar-refractivity contribution in [2.24, 2.45) is 5.41 Å². The number of halogens is 2. The van der Waals surface area contributed by atoms with Crippen molar-refractivity contribution in [1.29, 1.82) is 0 Å². The average Bonchev–Trinajstić information content (AvgIpc) is 2.80. The molecule has 98 valence electrons. The number of carbonyl (C=O) groups excluding carboxylic acids is 1. The van der Waals surface area contributed by atoms with E-state index in [1.165, 1.54) is 0 Å². The smallest absolute Gasteiger partial charge is 0.320 e. The third kappa shape index (κ3) is 2.24. The monoisotopic (exact) mass is 286 g/mol. The standard InChI is InChI=1S/C14H16Cl2O2/c1-9(2)10-6-4-5-7-11(10)18-12(17)13(3)8-14(13,15)16/h4-7,9H,8H2,1-3H3. The summed E-state index contributed by atoms with van der Waals surface area (Å²) in [5, 5.41) is 0. The summed E-state index contributed by atoms with van der Waals surface area (Å²) in [5.74, 6) is 0.521. The summed E-state index contributed by atoms with van der Waals surface area (Å²) in [6.07, 6.45) is 0.436. The maximum atomic E-state index is 12.1. The Balaban J connectivity index is 2.19. The molecule has 0 spiro atoms. The van der Waals surface area contributed by atoms with Crippen LogP contribution < -0.4 is 4.74 Å². The van der Waals surface area contributed by atoms with E-state index in [2.05, 4.69) is 13.8 Å². The summed E-state index contributed by atoms with van der Waals surface area (Å²) >= 11 is 12.0. The molecule has 1 atom stereocenters. The van der Waals surface area contributed by atoms with E-state index in [9.17, 15) is 4.79 Å². The minimum Gasteiger partial charge on any atom is -0.426 e. The van der Waals surface area contributed by atoms with Gasteiger partial charge in [-0.3, -0.25) is 4.79 Å². The highest BCUT2D eigenvalue weighted by Gasteiger charge is 2.69. The minimum absolute atomic E-state index is 0.290. The number of hydrogen-bond acceptors (Lipinski definition) is 2. The summed E-state index contributed by atoms with van der Waals surface area (Å²) < 4.78 is 4.47. The molecule has 2 nitrogen and oxygen atoms in total. The second-order valence-corrected chi connectivity index (χ2v) is 6.78. The van der Waals surface area contributed by atoms with Crippen LogP contribution in [-0.4, -0.2) is 10.3 Å². The molecule has 0 heterocycles. The number of ether oxygens (including phenoxy) is 1. The normalized spacial score (nSPS) is 25.0. The predicted octanol–water partition coefficient (Wildman–Crippen LogP) is 4.30. The van der Waals surface area contributed by atoms with Crippen LogP contribution in [0.15, 0.2) is 24.3 Å². The molecule has 0 radical (unpaired) electrons. The molecule has 18 heavy (non-hydrogen) atoms. The molecule has 0 aromatic heterocycles. The van der Waals surface area contributed by atoms with Crippen LogP contribution in [0.5, 0.6) is 5.75 Å². The second-order valence-electron chi connectivity index (χ2n) is 5.30. The first-order chi connectivity index (χ1) is 8.28. The Bertz CT molecular complexity index is 482. The van der Waals surface area contributed by atoms with Gasteiger partial charge in [-0.2, -0.15) is 0 Å². The quantitative estimate of drug-likeness (QED) is 0.470. The van der Waals surface area contributed by atoms with Crippen molar-refractivity contribution < 1.29 is 9.53 Å². The van der Waals surface area contributed by atoms with Crippen molar-refractivity contribution in [2.75, 3.05) is 0 Å². The summed E-state index contributed by atoms with van der Waals surface area (Å²) in [4.78, 5) is 12.1. The molecule has 1 aliphatic rings. The van der Waals surface area contributed by atoms with Crippen molar-refractivity contribution in [3.8, 4) is 5.75 Å². The van der Waals surface area contributed by atoms with E-state index in [-0.39, 0.29) is 11.9 Å². The van der Waals surface area contributed by atoms with Gasteiger partial charge in [0.15, 0.2) is 0 Å². The first-order valence-electron chi connectivity index (χ1n) is 5.97. The molecule has 1 aromatic carbocycles. The zero-order valence-electron chi connectivity index (χ0n) is 10.7. The zero-order chi connectivity index (χ0) is 13.6. The number of esters is 1. The van der Waals surface area contributed by atoms with Crippen molar-refractivity contribution in [3.05, 3.63) is 29.8 Å². The van der Waals surface area contributed by atoms with Gasteiger partial charge >= 0.3 is 5.97 Å². The Kier molecular flexibility index (Phi) is 3.37. The number of benzene rings is 1. The van der Waals surface area contributed by atoms with Gasteiger partial charge in [0.05, 0.1) is 0 Å². The maximum Gasteiger partial charge on any atom is 0.320 e. The Morgan fingerprint density at radius 3 is 2.39 bits per heavy atom. The van der Waals surface area contributed by atoms with Gasteiger partial charge in [0.1, 0.15) is 15.5 Å². The van der Waals surface area contributed by atoms with Crippen LogP contribution in [0.25, 0.3) is 0 Å². The van der Waals surface area contributed by atoms with Crippen LogP contribution in [0.3, 0.4) is 0 Å². The highest BCUT2D eigenvalue weighted by atomic mass is 35.5. The summed E-state index contributed by atoms with van der Waals surface area (Å²) in [6.45, 7) is 5.84. The van der Waals surface area contributed by atoms with Gasteiger partial charge in [0.2, 0.25) is 0 Å². The van der Waals surface area contributed by atoms with Gasteiger partial charge in [0.25, 0.3) is 0 Å². The summed E-state index contributed by atoms with van der Waals surface area (Å²) in [5.41, 5.74) is 0.213. The van der Waals surface area contributed by atoms with Crippen LogP contribution in [0.1, 0.15) is 38.7 Å². The zero-order valence-corrected chi connectivity index (χ0v) is 12.2. The highest BCUT2D eigenvalue weighted by molar-refractivity contribution is 6.53. The molecule has 4 heteroatoms. The average molecular weight is 287 g/mol. The van der Waals surface area contributed by atoms with Crippen molar-refractivity contribution in [3.63, 3.8) is 0 Å². The van der Waals surface area contributed by atoms with Crippen molar-refractivity contribution in [1.82, 2.24) is 0 Å². The topological polar surface area (TPSA) is 26.3 Å². The van der Waals surface area contributed by atoms with E-state index in [0.717, 1.165) is 5.56 Å². The molecule has 0 saturated heterocycles. The molecule has 0 aliphatic heterocycles. The van der Waals surface area contributed by atoms with Gasteiger partial charge in [0, 0.05) is 6.42 Å². The summed E-state index contributed by atoms with van der Waals surface area (Å²) in [6, 6.07) is 7.53. The van der Waals surface area contributed by atoms with Crippen molar-refractivity contribution in [2.45, 2.75) is 37.4 Å². The summed E-state index contributed by atoms with van der Waals surface area (Å²) in [7, 11) is 0. The van der Waals surface area contributed by atoms with Crippen LogP contribution in [-0.2, 0) is 4.79 Å². The van der Waals surface area contributed by atoms with Crippen molar-refractivity contribution >= 4 is 29.2 Å². The Hall–Kier alpha value is -0.730. The Morgan fingerprint density at radius 2 is 1.89 bits per heavy atom. The first-order valence-corrected chi connectivity index (χ1v) is 6.72. The largest absolute Gasteiger partial charge is 0.426 e. The van der Waals surface area contributed by atoms with E-state index in [1.54, 1.807) is 13.0 Å². The van der Waals surface area contributed by atoms with E-state index in [4.69, 9.17) is 27.9 Å². The predicted molar refractivity (Wildman–Crippen MR) is 73.3 cm³/mol. The molecule has 0 N–H and O–H groups in total. The van der Waals surface area contributed by atoms with Gasteiger partial charge < -0.3 is 4.74 Å². The Labute approximate surface area is 117 Å². The number of hydrogen-bond donors (Lipinski definition) is 0. The highest BCUT2D eigenvalue weighted by Crippen LogP contribution is 2.64. The third-order valence-electron chi connectivity index (χ3n) is 3.45. The molecule has 1 saturated carbocycles. The molecular formula is C14H16Cl2O2. The molecule has 0 bridgehead atoms. The number of para-hydroxylation sites is 1. The number of carbonyl (C=O) groups is 1. The SMILES string of the molecule is CC(C)c1ccccc1OC(=O)C1(C)CC1(Cl)Cl. The molecule has 1 unspecified atom stereocenters. The second kappa shape index (κ2) is 4.43. The number of alkyl halides is 2. The van der Waals surface area contributed by atoms with Crippen LogP contribution >= 0.6 is 23.2 Å². The molecule has 1 fully saturated rings. The lowest BCUT2D eigenvalue weighted by Gasteiger charge is -2.15. The fraction of sp³-hybridized carbons (Fsp3) is 0.500. The first kappa shape index (κ1) is 13.7. The lowest BCUT2D eigenvalue weighted by Crippen LogP contribution is -2.24. The molecular weight excluding hydrogens is 271 g/mol. The fourth-order valence-electron chi connectivity index (χ4n) is 1.88. The van der Waals surface area contributed by atoms with E-state index in [1.807, 2.05) is 18.2 Å². The van der Waals surface area contributed by atoms with Gasteiger partial charge in [-0.25, -0.2) is 0 Å². The third-order valence-corrected chi connectivity index (χ3v) is 4.55. The van der Waals surface area contributed by atoms with Gasteiger partial charge in [-0.05, 0) is 24.5 Å². The number of rotatable bonds is 3. The van der Waals surface area contributed by atoms with Gasteiger partial charge in [-0.1, -0.05) is 32.0 Å². The molecule has 0 amide bonds. The lowest BCUT2D eigenvalue weighted by atomic mass is 10.0. The molecule has 2 rings (SSSR count). The van der Waals surface area contributed by atoms with Crippen LogP contribution in [0, 0.1) is 5.41 Å². The molecule has 1 aromatic rings. The molecule has 1 aliphatic carbocycles. The maximum absolute atomic E-state index is 12.1. The van der Waals surface area contributed by atoms with Crippen LogP contribution in [0.4, 0.5) is 0 Å². The van der Waals surface area contributed by atoms with E-state index >= 15 is 0 Å². The lowest BCUT2D eigenvalue weighted by molar-refractivity contribution is -0.139. The minimum atomic E-state index is -0.989. The fourth-order valence-corrected chi connectivity index (χ4v) is 2.57. The van der Waals surface area contributed by atoms with Crippen LogP contribution in [0.2, 0.25) is 0 Å². The van der Waals surface area contributed by atoms with Gasteiger partial charge in [-0.15, -0.1) is 23.2 Å². The van der Waals surface area contributed by atoms with E-state index in [0.29, 0.717) is 12.2 Å². The van der Waals surface area contributed by atoms with E-state index < -0.39 is 9.75 Å². The Morgan fingerprint density at radius 1 is 1.33 bits per heavy atom.